The van der Waals surface area contributed by atoms with Gasteiger partial charge in [0.05, 0.1) is 5.69 Å². The van der Waals surface area contributed by atoms with E-state index in [9.17, 15) is 9.59 Å². The number of nitrogens with zero attached hydrogens (tertiary/aromatic N) is 3. The Balaban J connectivity index is 2.87. The SMILES string of the molecule is Cc1cccc(C)c1-n1cc(C#N)c(=O)n(SC(Cl)(Cl)Cl)c1=O. The summed E-state index contributed by atoms with van der Waals surface area (Å²) in [5.74, 6) is 0. The fourth-order valence-electron chi connectivity index (χ4n) is 2.14. The molecule has 1 heterocycles. The molecule has 0 aliphatic heterocycles. The zero-order chi connectivity index (χ0) is 17.4. The first-order valence-corrected chi connectivity index (χ1v) is 8.18. The zero-order valence-electron chi connectivity index (χ0n) is 12.0. The third-order valence-corrected chi connectivity index (χ3v) is 4.38. The zero-order valence-corrected chi connectivity index (χ0v) is 15.1. The van der Waals surface area contributed by atoms with Crippen molar-refractivity contribution in [3.8, 4) is 11.8 Å². The minimum absolute atomic E-state index is 0.228. The number of nitriles is 1. The lowest BCUT2D eigenvalue weighted by Crippen LogP contribution is -2.38. The van der Waals surface area contributed by atoms with Crippen molar-refractivity contribution >= 4 is 46.8 Å². The van der Waals surface area contributed by atoms with E-state index in [2.05, 4.69) is 0 Å². The number of halogens is 3. The Bertz CT molecular complexity index is 903. The molecule has 0 radical (unpaired) electrons. The molecular weight excluding hydrogens is 381 g/mol. The average molecular weight is 391 g/mol. The van der Waals surface area contributed by atoms with Crippen molar-refractivity contribution in [2.75, 3.05) is 0 Å². The van der Waals surface area contributed by atoms with Gasteiger partial charge in [-0.1, -0.05) is 53.0 Å². The molecule has 0 atom stereocenters. The summed E-state index contributed by atoms with van der Waals surface area (Å²) in [7, 11) is 0. The van der Waals surface area contributed by atoms with Crippen LogP contribution in [0, 0.1) is 25.2 Å². The summed E-state index contributed by atoms with van der Waals surface area (Å²) in [6.07, 6.45) is 1.20. The van der Waals surface area contributed by atoms with Crippen LogP contribution in [-0.2, 0) is 0 Å². The second-order valence-electron chi connectivity index (χ2n) is 4.68. The fourth-order valence-corrected chi connectivity index (χ4v) is 3.32. The van der Waals surface area contributed by atoms with E-state index in [0.717, 1.165) is 11.1 Å². The Labute approximate surface area is 151 Å². The monoisotopic (exact) mass is 389 g/mol. The van der Waals surface area contributed by atoms with Gasteiger partial charge in [-0.2, -0.15) is 9.23 Å². The number of alkyl halides is 3. The normalized spacial score (nSPS) is 11.3. The maximum Gasteiger partial charge on any atom is 0.346 e. The molecule has 0 fully saturated rings. The molecule has 0 N–H and O–H groups in total. The molecule has 120 valence electrons. The largest absolute Gasteiger partial charge is 0.346 e. The molecule has 1 aromatic carbocycles. The highest BCUT2D eigenvalue weighted by Gasteiger charge is 2.26. The van der Waals surface area contributed by atoms with Crippen LogP contribution in [0.25, 0.3) is 5.69 Å². The van der Waals surface area contributed by atoms with Gasteiger partial charge in [0.1, 0.15) is 11.6 Å². The average Bonchev–Trinajstić information content (AvgIpc) is 2.44. The number of aromatic nitrogens is 2. The quantitative estimate of drug-likeness (QED) is 0.738. The number of rotatable bonds is 2. The van der Waals surface area contributed by atoms with Crippen molar-refractivity contribution in [1.82, 2.24) is 8.54 Å². The first-order valence-electron chi connectivity index (χ1n) is 6.27. The number of para-hydroxylation sites is 1. The van der Waals surface area contributed by atoms with Crippen LogP contribution in [0.4, 0.5) is 0 Å². The lowest BCUT2D eigenvalue weighted by atomic mass is 10.1. The maximum atomic E-state index is 12.7. The van der Waals surface area contributed by atoms with Crippen molar-refractivity contribution in [3.63, 3.8) is 0 Å². The van der Waals surface area contributed by atoms with Crippen LogP contribution >= 0.6 is 46.8 Å². The highest BCUT2D eigenvalue weighted by atomic mass is 35.6. The van der Waals surface area contributed by atoms with E-state index >= 15 is 0 Å². The summed E-state index contributed by atoms with van der Waals surface area (Å²) in [5.41, 5.74) is 0.431. The number of hydrogen-bond acceptors (Lipinski definition) is 4. The predicted molar refractivity (Wildman–Crippen MR) is 93.8 cm³/mol. The molecule has 2 aromatic rings. The van der Waals surface area contributed by atoms with Crippen molar-refractivity contribution in [2.24, 2.45) is 0 Å². The highest BCUT2D eigenvalue weighted by Crippen LogP contribution is 2.38. The molecule has 0 aliphatic rings. The molecule has 0 unspecified atom stereocenters. The molecule has 9 heteroatoms. The molecule has 0 saturated carbocycles. The van der Waals surface area contributed by atoms with Gasteiger partial charge in [0.2, 0.25) is 0 Å². The molecule has 0 amide bonds. The van der Waals surface area contributed by atoms with Crippen molar-refractivity contribution in [2.45, 2.75) is 17.0 Å². The first-order chi connectivity index (χ1) is 10.7. The molecule has 1 aromatic heterocycles. The summed E-state index contributed by atoms with van der Waals surface area (Å²) in [4.78, 5) is 24.8. The summed E-state index contributed by atoms with van der Waals surface area (Å²) in [6.45, 7) is 3.64. The van der Waals surface area contributed by atoms with Crippen LogP contribution in [0.15, 0.2) is 34.0 Å². The first kappa shape index (κ1) is 18.0. The van der Waals surface area contributed by atoms with Gasteiger partial charge in [-0.05, 0) is 25.0 Å². The second-order valence-corrected chi connectivity index (χ2v) is 8.80. The van der Waals surface area contributed by atoms with Crippen LogP contribution in [0.3, 0.4) is 0 Å². The molecule has 0 aliphatic carbocycles. The van der Waals surface area contributed by atoms with Gasteiger partial charge in [-0.3, -0.25) is 9.36 Å². The lowest BCUT2D eigenvalue weighted by Gasteiger charge is -2.16. The Morgan fingerprint density at radius 3 is 2.22 bits per heavy atom. The summed E-state index contributed by atoms with van der Waals surface area (Å²) in [5, 5.41) is 9.16. The molecular formula is C14H10Cl3N3O2S. The predicted octanol–water partition coefficient (Wildman–Crippen LogP) is 3.31. The molecule has 2 rings (SSSR count). The van der Waals surface area contributed by atoms with E-state index in [4.69, 9.17) is 40.1 Å². The van der Waals surface area contributed by atoms with Crippen molar-refractivity contribution in [3.05, 3.63) is 61.9 Å². The van der Waals surface area contributed by atoms with Crippen molar-refractivity contribution in [1.29, 1.82) is 5.26 Å². The molecule has 0 spiro atoms. The number of benzene rings is 1. The van der Waals surface area contributed by atoms with Crippen LogP contribution < -0.4 is 11.2 Å². The smallest absolute Gasteiger partial charge is 0.267 e. The van der Waals surface area contributed by atoms with E-state index in [1.54, 1.807) is 6.07 Å². The van der Waals surface area contributed by atoms with Gasteiger partial charge in [0, 0.05) is 18.1 Å². The van der Waals surface area contributed by atoms with Gasteiger partial charge in [0.15, 0.2) is 0 Å². The van der Waals surface area contributed by atoms with Gasteiger partial charge in [0.25, 0.3) is 8.68 Å². The molecule has 0 bridgehead atoms. The lowest BCUT2D eigenvalue weighted by molar-refractivity contribution is 0.847. The number of hydrogen-bond donors (Lipinski definition) is 0. The molecule has 23 heavy (non-hydrogen) atoms. The van der Waals surface area contributed by atoms with E-state index < -0.39 is 14.4 Å². The summed E-state index contributed by atoms with van der Waals surface area (Å²) >= 11 is 17.4. The fraction of sp³-hybridized carbons (Fsp3) is 0.214. The minimum atomic E-state index is -1.92. The maximum absolute atomic E-state index is 12.7. The summed E-state index contributed by atoms with van der Waals surface area (Å²) < 4.78 is -0.0267. The number of aryl methyl sites for hydroxylation is 2. The topological polar surface area (TPSA) is 67.8 Å². The van der Waals surface area contributed by atoms with Gasteiger partial charge in [-0.25, -0.2) is 4.79 Å². The van der Waals surface area contributed by atoms with E-state index in [1.165, 1.54) is 10.8 Å². The summed E-state index contributed by atoms with van der Waals surface area (Å²) in [6, 6.07) is 7.24. The van der Waals surface area contributed by atoms with Gasteiger partial charge < -0.3 is 0 Å². The standard InChI is InChI=1S/C14H10Cl3N3O2S/c1-8-4-3-5-9(2)11(8)19-7-10(6-18)12(21)20(13(19)22)23-14(15,16)17/h3-5,7H,1-2H3. The van der Waals surface area contributed by atoms with Gasteiger partial charge in [-0.15, -0.1) is 0 Å². The Kier molecular flexibility index (Phi) is 5.17. The Hall–Kier alpha value is -1.39. The Morgan fingerprint density at radius 2 is 1.74 bits per heavy atom. The minimum Gasteiger partial charge on any atom is -0.267 e. The van der Waals surface area contributed by atoms with Gasteiger partial charge >= 0.3 is 5.69 Å². The van der Waals surface area contributed by atoms with Crippen LogP contribution in [0.5, 0.6) is 0 Å². The van der Waals surface area contributed by atoms with Crippen molar-refractivity contribution < 1.29 is 0 Å². The van der Waals surface area contributed by atoms with E-state index in [0.29, 0.717) is 21.6 Å². The van der Waals surface area contributed by atoms with E-state index in [-0.39, 0.29) is 5.56 Å². The van der Waals surface area contributed by atoms with Crippen LogP contribution in [-0.4, -0.2) is 11.7 Å². The second kappa shape index (κ2) is 6.62. The van der Waals surface area contributed by atoms with E-state index in [1.807, 2.05) is 32.0 Å². The third kappa shape index (κ3) is 3.75. The highest BCUT2D eigenvalue weighted by molar-refractivity contribution is 8.03. The van der Waals surface area contributed by atoms with Crippen LogP contribution in [0.2, 0.25) is 0 Å². The molecule has 5 nitrogen and oxygen atoms in total. The van der Waals surface area contributed by atoms with Crippen LogP contribution in [0.1, 0.15) is 16.7 Å². The third-order valence-electron chi connectivity index (χ3n) is 3.05. The molecule has 0 saturated heterocycles. The Morgan fingerprint density at radius 1 is 1.17 bits per heavy atom.